The first-order valence-electron chi connectivity index (χ1n) is 10.2. The number of fused-ring (bicyclic) bond motifs is 2. The third-order valence-electron chi connectivity index (χ3n) is 5.75. The van der Waals surface area contributed by atoms with Gasteiger partial charge < -0.3 is 14.8 Å². The summed E-state index contributed by atoms with van der Waals surface area (Å²) in [4.78, 5) is 27.5. The quantitative estimate of drug-likeness (QED) is 0.684. The lowest BCUT2D eigenvalue weighted by Gasteiger charge is -2.16. The Morgan fingerprint density at radius 2 is 2.10 bits per heavy atom. The molecule has 0 spiro atoms. The molecule has 1 unspecified atom stereocenters. The number of likely N-dealkylation sites (N-methyl/N-ethyl adjacent to an activating group) is 1. The molecule has 0 saturated heterocycles. The van der Waals surface area contributed by atoms with Crippen molar-refractivity contribution in [3.63, 3.8) is 0 Å². The third kappa shape index (κ3) is 3.89. The first kappa shape index (κ1) is 20.3. The largest absolute Gasteiger partial charge is 0.348 e. The molecule has 0 saturated carbocycles. The summed E-state index contributed by atoms with van der Waals surface area (Å²) >= 11 is 0. The number of nitrogens with zero attached hydrogens (tertiary/aromatic N) is 5. The fourth-order valence-corrected chi connectivity index (χ4v) is 4.01. The number of halogens is 1. The summed E-state index contributed by atoms with van der Waals surface area (Å²) < 4.78 is 18.5. The molecule has 1 aliphatic heterocycles. The highest BCUT2D eigenvalue weighted by Gasteiger charge is 2.23. The molecular formula is C21H27FN6O2. The third-order valence-corrected chi connectivity index (χ3v) is 5.75. The van der Waals surface area contributed by atoms with E-state index in [2.05, 4.69) is 10.4 Å². The topological polar surface area (TPSA) is 77.1 Å². The van der Waals surface area contributed by atoms with Crippen molar-refractivity contribution in [2.75, 3.05) is 20.6 Å². The van der Waals surface area contributed by atoms with E-state index in [1.54, 1.807) is 28.3 Å². The van der Waals surface area contributed by atoms with Crippen molar-refractivity contribution < 1.29 is 9.18 Å². The molecule has 160 valence electrons. The number of amides is 1. The average molecular weight is 414 g/mol. The van der Waals surface area contributed by atoms with Crippen molar-refractivity contribution in [3.05, 3.63) is 52.1 Å². The maximum absolute atomic E-state index is 13.5. The zero-order valence-corrected chi connectivity index (χ0v) is 17.6. The Balaban J connectivity index is 1.45. The van der Waals surface area contributed by atoms with Crippen LogP contribution in [0.4, 0.5) is 4.39 Å². The van der Waals surface area contributed by atoms with E-state index in [-0.39, 0.29) is 23.5 Å². The second-order valence-corrected chi connectivity index (χ2v) is 8.17. The van der Waals surface area contributed by atoms with Crippen LogP contribution in [0.2, 0.25) is 0 Å². The van der Waals surface area contributed by atoms with Crippen LogP contribution in [-0.2, 0) is 26.6 Å². The smallest absolute Gasteiger partial charge is 0.345 e. The van der Waals surface area contributed by atoms with E-state index < -0.39 is 0 Å². The summed E-state index contributed by atoms with van der Waals surface area (Å²) in [6.45, 7) is 1.85. The van der Waals surface area contributed by atoms with Crippen LogP contribution in [0.5, 0.6) is 0 Å². The van der Waals surface area contributed by atoms with Gasteiger partial charge in [0, 0.05) is 43.5 Å². The summed E-state index contributed by atoms with van der Waals surface area (Å²) in [5.74, 6) is 0.257. The Hall–Kier alpha value is -2.94. The molecule has 1 atom stereocenters. The van der Waals surface area contributed by atoms with Gasteiger partial charge in [0.05, 0.1) is 6.54 Å². The van der Waals surface area contributed by atoms with Gasteiger partial charge in [-0.25, -0.2) is 13.9 Å². The van der Waals surface area contributed by atoms with Gasteiger partial charge in [-0.2, -0.15) is 5.10 Å². The van der Waals surface area contributed by atoms with Gasteiger partial charge >= 0.3 is 5.69 Å². The van der Waals surface area contributed by atoms with Crippen molar-refractivity contribution in [1.82, 2.24) is 29.1 Å². The number of nitrogens with one attached hydrogen (secondary N) is 1. The van der Waals surface area contributed by atoms with E-state index in [0.29, 0.717) is 43.4 Å². The molecule has 0 radical (unpaired) electrons. The van der Waals surface area contributed by atoms with E-state index in [1.807, 2.05) is 19.0 Å². The van der Waals surface area contributed by atoms with Crippen LogP contribution in [0, 0.1) is 5.82 Å². The zero-order valence-electron chi connectivity index (χ0n) is 17.6. The van der Waals surface area contributed by atoms with Gasteiger partial charge in [0.2, 0.25) is 0 Å². The molecule has 0 bridgehead atoms. The Labute approximate surface area is 173 Å². The highest BCUT2D eigenvalue weighted by atomic mass is 19.1. The molecule has 0 fully saturated rings. The van der Waals surface area contributed by atoms with Gasteiger partial charge in [-0.1, -0.05) is 0 Å². The van der Waals surface area contributed by atoms with Crippen molar-refractivity contribution in [3.8, 4) is 0 Å². The van der Waals surface area contributed by atoms with E-state index in [1.165, 1.54) is 16.8 Å². The van der Waals surface area contributed by atoms with Crippen molar-refractivity contribution >= 4 is 16.8 Å². The minimum Gasteiger partial charge on any atom is -0.348 e. The number of hydrogen-bond acceptors (Lipinski definition) is 4. The Morgan fingerprint density at radius 3 is 2.87 bits per heavy atom. The molecule has 30 heavy (non-hydrogen) atoms. The summed E-state index contributed by atoms with van der Waals surface area (Å²) in [5, 5.41) is 8.27. The lowest BCUT2D eigenvalue weighted by atomic mass is 10.1. The molecule has 2 aromatic heterocycles. The summed E-state index contributed by atoms with van der Waals surface area (Å²) in [5.41, 5.74) is 1.21. The van der Waals surface area contributed by atoms with Crippen LogP contribution in [0.1, 0.15) is 29.2 Å². The normalized spacial score (nSPS) is 16.6. The number of carbonyl (C=O) groups excluding carboxylic acids is 1. The predicted molar refractivity (Wildman–Crippen MR) is 112 cm³/mol. The minimum absolute atomic E-state index is 0.0522. The number of hydrogen-bond donors (Lipinski definition) is 1. The number of rotatable bonds is 5. The van der Waals surface area contributed by atoms with E-state index >= 15 is 0 Å². The molecule has 3 heterocycles. The van der Waals surface area contributed by atoms with Crippen LogP contribution < -0.4 is 11.0 Å². The number of aryl methyl sites for hydroxylation is 2. The van der Waals surface area contributed by atoms with Crippen LogP contribution in [0.15, 0.2) is 29.1 Å². The van der Waals surface area contributed by atoms with Crippen molar-refractivity contribution in [2.45, 2.75) is 38.4 Å². The van der Waals surface area contributed by atoms with Gasteiger partial charge in [-0.3, -0.25) is 9.36 Å². The molecule has 3 aromatic rings. The van der Waals surface area contributed by atoms with Crippen molar-refractivity contribution in [1.29, 1.82) is 0 Å². The fourth-order valence-electron chi connectivity index (χ4n) is 4.01. The minimum atomic E-state index is -0.325. The maximum atomic E-state index is 13.5. The standard InChI is InChI=1S/C21H27FN6O2/c1-25(2)10-11-28-21(30)27-9-8-16(5-7-19(27)24-28)23-20(29)18-13-14-12-15(22)4-6-17(14)26(18)3/h4,6,12-13,16H,5,7-11H2,1-3H3,(H,23,29). The lowest BCUT2D eigenvalue weighted by molar-refractivity contribution is 0.0925. The summed E-state index contributed by atoms with van der Waals surface area (Å²) in [6.07, 6.45) is 2.01. The second kappa shape index (κ2) is 8.06. The number of benzene rings is 1. The van der Waals surface area contributed by atoms with Gasteiger partial charge in [0.25, 0.3) is 5.91 Å². The molecule has 1 amide bonds. The van der Waals surface area contributed by atoms with Crippen LogP contribution >= 0.6 is 0 Å². The van der Waals surface area contributed by atoms with E-state index in [4.69, 9.17) is 0 Å². The molecule has 0 aliphatic carbocycles. The van der Waals surface area contributed by atoms with Gasteiger partial charge in [0.1, 0.15) is 17.3 Å². The lowest BCUT2D eigenvalue weighted by Crippen LogP contribution is -2.36. The molecule has 1 aliphatic rings. The number of aromatic nitrogens is 4. The van der Waals surface area contributed by atoms with Crippen LogP contribution in [0.25, 0.3) is 10.9 Å². The molecular weight excluding hydrogens is 387 g/mol. The molecule has 8 nitrogen and oxygen atoms in total. The Morgan fingerprint density at radius 1 is 1.30 bits per heavy atom. The first-order valence-corrected chi connectivity index (χ1v) is 10.2. The molecule has 4 rings (SSSR count). The van der Waals surface area contributed by atoms with E-state index in [0.717, 1.165) is 17.9 Å². The molecule has 1 N–H and O–H groups in total. The molecule has 1 aromatic carbocycles. The van der Waals surface area contributed by atoms with Gasteiger partial charge in [-0.15, -0.1) is 0 Å². The van der Waals surface area contributed by atoms with Crippen LogP contribution in [0.3, 0.4) is 0 Å². The van der Waals surface area contributed by atoms with E-state index in [9.17, 15) is 14.0 Å². The monoisotopic (exact) mass is 414 g/mol. The SMILES string of the molecule is CN(C)CCn1nc2n(c1=O)CCC(NC(=O)c1cc3cc(F)ccc3n1C)CC2. The summed E-state index contributed by atoms with van der Waals surface area (Å²) in [6, 6.07) is 6.15. The number of carbonyl (C=O) groups is 1. The first-order chi connectivity index (χ1) is 14.3. The fraction of sp³-hybridized carbons (Fsp3) is 0.476. The highest BCUT2D eigenvalue weighted by molar-refractivity contribution is 5.98. The second-order valence-electron chi connectivity index (χ2n) is 8.17. The average Bonchev–Trinajstić information content (AvgIpc) is 3.09. The maximum Gasteiger partial charge on any atom is 0.345 e. The Kier molecular flexibility index (Phi) is 5.46. The highest BCUT2D eigenvalue weighted by Crippen LogP contribution is 2.20. The molecule has 9 heteroatoms. The van der Waals surface area contributed by atoms with Gasteiger partial charge in [-0.05, 0) is 51.2 Å². The van der Waals surface area contributed by atoms with Crippen molar-refractivity contribution in [2.24, 2.45) is 7.05 Å². The predicted octanol–water partition coefficient (Wildman–Crippen LogP) is 1.37. The van der Waals surface area contributed by atoms with Gasteiger partial charge in [0.15, 0.2) is 0 Å². The zero-order chi connectivity index (χ0) is 21.4. The summed E-state index contributed by atoms with van der Waals surface area (Å²) in [7, 11) is 5.73. The van der Waals surface area contributed by atoms with Crippen LogP contribution in [-0.4, -0.2) is 56.4 Å². The Bertz CT molecular complexity index is 1140.